The first-order valence-corrected chi connectivity index (χ1v) is 8.09. The van der Waals surface area contributed by atoms with E-state index in [-0.39, 0.29) is 0 Å². The van der Waals surface area contributed by atoms with Crippen molar-refractivity contribution in [2.24, 2.45) is 0 Å². The van der Waals surface area contributed by atoms with E-state index in [0.29, 0.717) is 18.5 Å². The van der Waals surface area contributed by atoms with Crippen molar-refractivity contribution in [3.05, 3.63) is 11.8 Å². The van der Waals surface area contributed by atoms with Crippen molar-refractivity contribution in [3.63, 3.8) is 0 Å². The topological polar surface area (TPSA) is 38.2 Å². The second-order valence-electron chi connectivity index (χ2n) is 4.43. The predicted octanol–water partition coefficient (Wildman–Crippen LogP) is 3.57. The molecule has 0 N–H and O–H groups in total. The molecule has 0 saturated carbocycles. The lowest BCUT2D eigenvalue weighted by atomic mass is 10.1. The third-order valence-electron chi connectivity index (χ3n) is 3.08. The molecule has 0 aliphatic carbocycles. The van der Waals surface area contributed by atoms with E-state index in [0.717, 1.165) is 36.4 Å². The molecule has 5 heteroatoms. The van der Waals surface area contributed by atoms with Crippen molar-refractivity contribution in [2.45, 2.75) is 46.6 Å². The Morgan fingerprint density at radius 1 is 1.26 bits per heavy atom. The summed E-state index contributed by atoms with van der Waals surface area (Å²) >= 11 is 3.51. The van der Waals surface area contributed by atoms with Crippen LogP contribution in [0.3, 0.4) is 0 Å². The molecule has 0 radical (unpaired) electrons. The molecule has 0 fully saturated rings. The molecular weight excluding hydrogens is 306 g/mol. The van der Waals surface area contributed by atoms with Gasteiger partial charge in [0.05, 0.1) is 6.61 Å². The van der Waals surface area contributed by atoms with Gasteiger partial charge in [0.15, 0.2) is 0 Å². The molecule has 1 heterocycles. The summed E-state index contributed by atoms with van der Waals surface area (Å²) in [7, 11) is 0. The minimum atomic E-state index is 0.467. The van der Waals surface area contributed by atoms with E-state index in [2.05, 4.69) is 44.6 Å². The number of halogens is 1. The fraction of sp³-hybridized carbons (Fsp3) is 0.714. The zero-order valence-corrected chi connectivity index (χ0v) is 13.9. The third kappa shape index (κ3) is 4.64. The molecular formula is C14H24BrN3O. The first-order valence-electron chi connectivity index (χ1n) is 6.97. The largest absolute Gasteiger partial charge is 0.478 e. The van der Waals surface area contributed by atoms with Crippen molar-refractivity contribution in [3.8, 4) is 5.88 Å². The molecule has 0 amide bonds. The van der Waals surface area contributed by atoms with Crippen LogP contribution in [0.4, 0.5) is 5.95 Å². The number of aryl methyl sites for hydroxylation is 1. The summed E-state index contributed by atoms with van der Waals surface area (Å²) in [5.41, 5.74) is 0.943. The molecule has 0 aliphatic heterocycles. The van der Waals surface area contributed by atoms with Gasteiger partial charge >= 0.3 is 0 Å². The highest BCUT2D eigenvalue weighted by atomic mass is 79.9. The van der Waals surface area contributed by atoms with E-state index in [1.54, 1.807) is 0 Å². The van der Waals surface area contributed by atoms with Gasteiger partial charge in [-0.15, -0.1) is 0 Å². The molecule has 19 heavy (non-hydrogen) atoms. The molecule has 1 rings (SSSR count). The summed E-state index contributed by atoms with van der Waals surface area (Å²) in [5, 5.41) is 0.908. The van der Waals surface area contributed by atoms with Gasteiger partial charge in [0.1, 0.15) is 0 Å². The Bertz CT molecular complexity index is 383. The minimum Gasteiger partial charge on any atom is -0.478 e. The maximum Gasteiger partial charge on any atom is 0.229 e. The van der Waals surface area contributed by atoms with Gasteiger partial charge in [-0.3, -0.25) is 0 Å². The number of nitrogens with zero attached hydrogens (tertiary/aromatic N) is 3. The molecule has 108 valence electrons. The molecule has 4 nitrogen and oxygen atoms in total. The maximum atomic E-state index is 5.51. The summed E-state index contributed by atoms with van der Waals surface area (Å²) in [6.45, 7) is 9.88. The Morgan fingerprint density at radius 2 is 1.95 bits per heavy atom. The van der Waals surface area contributed by atoms with Crippen LogP contribution < -0.4 is 9.64 Å². The number of ether oxygens (including phenoxy) is 1. The van der Waals surface area contributed by atoms with Crippen LogP contribution in [-0.4, -0.2) is 34.5 Å². The first kappa shape index (κ1) is 16.2. The van der Waals surface area contributed by atoms with Gasteiger partial charge < -0.3 is 9.64 Å². The fourth-order valence-electron chi connectivity index (χ4n) is 2.14. The highest BCUT2D eigenvalue weighted by Crippen LogP contribution is 2.20. The average Bonchev–Trinajstić information content (AvgIpc) is 2.38. The van der Waals surface area contributed by atoms with Crippen LogP contribution in [0, 0.1) is 6.92 Å². The molecule has 0 unspecified atom stereocenters. The lowest BCUT2D eigenvalue weighted by molar-refractivity contribution is 0.325. The number of alkyl halides is 1. The Hall–Kier alpha value is -0.840. The highest BCUT2D eigenvalue weighted by Gasteiger charge is 2.18. The van der Waals surface area contributed by atoms with E-state index in [1.165, 1.54) is 0 Å². The van der Waals surface area contributed by atoms with E-state index in [1.807, 2.05) is 19.9 Å². The SMILES string of the molecule is CCOc1cc(C)nc(N(CCBr)C(CC)CC)n1. The molecule has 0 atom stereocenters. The Kier molecular flexibility index (Phi) is 7.13. The summed E-state index contributed by atoms with van der Waals surface area (Å²) in [6.07, 6.45) is 2.18. The number of hydrogen-bond donors (Lipinski definition) is 0. The zero-order chi connectivity index (χ0) is 14.3. The van der Waals surface area contributed by atoms with Crippen LogP contribution in [0.15, 0.2) is 6.07 Å². The second kappa shape index (κ2) is 8.35. The summed E-state index contributed by atoms with van der Waals surface area (Å²) in [5.74, 6) is 1.44. The van der Waals surface area contributed by atoms with Crippen LogP contribution in [0.25, 0.3) is 0 Å². The molecule has 1 aromatic rings. The molecule has 0 aromatic carbocycles. The van der Waals surface area contributed by atoms with Crippen molar-refractivity contribution in [1.82, 2.24) is 9.97 Å². The molecule has 1 aromatic heterocycles. The van der Waals surface area contributed by atoms with Crippen molar-refractivity contribution in [1.29, 1.82) is 0 Å². The fourth-order valence-corrected chi connectivity index (χ4v) is 2.52. The molecule has 0 spiro atoms. The zero-order valence-electron chi connectivity index (χ0n) is 12.3. The van der Waals surface area contributed by atoms with Gasteiger partial charge in [0.2, 0.25) is 11.8 Å². The van der Waals surface area contributed by atoms with E-state index in [4.69, 9.17) is 4.74 Å². The van der Waals surface area contributed by atoms with Crippen molar-refractivity contribution >= 4 is 21.9 Å². The number of rotatable bonds is 8. The van der Waals surface area contributed by atoms with Crippen LogP contribution in [-0.2, 0) is 0 Å². The summed E-state index contributed by atoms with van der Waals surface area (Å²) < 4.78 is 5.51. The van der Waals surface area contributed by atoms with Gasteiger partial charge in [-0.25, -0.2) is 4.98 Å². The van der Waals surface area contributed by atoms with Crippen molar-refractivity contribution < 1.29 is 4.74 Å². The Balaban J connectivity index is 3.06. The number of anilines is 1. The minimum absolute atomic E-state index is 0.467. The van der Waals surface area contributed by atoms with E-state index in [9.17, 15) is 0 Å². The summed E-state index contributed by atoms with van der Waals surface area (Å²) in [4.78, 5) is 11.4. The van der Waals surface area contributed by atoms with Gasteiger partial charge in [0, 0.05) is 29.7 Å². The summed E-state index contributed by atoms with van der Waals surface area (Å²) in [6, 6.07) is 2.35. The maximum absolute atomic E-state index is 5.51. The van der Waals surface area contributed by atoms with E-state index >= 15 is 0 Å². The van der Waals surface area contributed by atoms with Gasteiger partial charge in [0.25, 0.3) is 0 Å². The van der Waals surface area contributed by atoms with Crippen molar-refractivity contribution in [2.75, 3.05) is 23.4 Å². The predicted molar refractivity (Wildman–Crippen MR) is 83.4 cm³/mol. The van der Waals surface area contributed by atoms with E-state index < -0.39 is 0 Å². The Morgan fingerprint density at radius 3 is 2.47 bits per heavy atom. The molecule has 0 bridgehead atoms. The normalized spacial score (nSPS) is 10.8. The van der Waals surface area contributed by atoms with Crippen LogP contribution >= 0.6 is 15.9 Å². The standard InChI is InChI=1S/C14H24BrN3O/c1-5-12(6-2)18(9-8-15)14-16-11(4)10-13(17-14)19-7-3/h10,12H,5-9H2,1-4H3. The molecule has 0 saturated heterocycles. The van der Waals surface area contributed by atoms with Crippen LogP contribution in [0.2, 0.25) is 0 Å². The monoisotopic (exact) mass is 329 g/mol. The Labute approximate surface area is 124 Å². The van der Waals surface area contributed by atoms with Crippen LogP contribution in [0.5, 0.6) is 5.88 Å². The smallest absolute Gasteiger partial charge is 0.229 e. The average molecular weight is 330 g/mol. The first-order chi connectivity index (χ1) is 9.15. The van der Waals surface area contributed by atoms with Crippen LogP contribution in [0.1, 0.15) is 39.3 Å². The quantitative estimate of drug-likeness (QED) is 0.683. The lowest BCUT2D eigenvalue weighted by Crippen LogP contribution is -2.37. The number of aromatic nitrogens is 2. The second-order valence-corrected chi connectivity index (χ2v) is 5.23. The van der Waals surface area contributed by atoms with Gasteiger partial charge in [-0.2, -0.15) is 4.98 Å². The highest BCUT2D eigenvalue weighted by molar-refractivity contribution is 9.09. The third-order valence-corrected chi connectivity index (χ3v) is 3.43. The lowest BCUT2D eigenvalue weighted by Gasteiger charge is -2.30. The molecule has 0 aliphatic rings. The van der Waals surface area contributed by atoms with Gasteiger partial charge in [-0.1, -0.05) is 29.8 Å². The van der Waals surface area contributed by atoms with Gasteiger partial charge in [-0.05, 0) is 26.7 Å². The number of hydrogen-bond acceptors (Lipinski definition) is 4.